The lowest BCUT2D eigenvalue weighted by Crippen LogP contribution is -2.21. The van der Waals surface area contributed by atoms with E-state index in [1.54, 1.807) is 25.3 Å². The Hall–Kier alpha value is -3.02. The predicted molar refractivity (Wildman–Crippen MR) is 105 cm³/mol. The fourth-order valence-corrected chi connectivity index (χ4v) is 3.09. The molecule has 3 rings (SSSR count). The average molecular weight is 368 g/mol. The van der Waals surface area contributed by atoms with Gasteiger partial charge in [-0.15, -0.1) is 0 Å². The molecule has 1 heterocycles. The van der Waals surface area contributed by atoms with Crippen LogP contribution in [-0.2, 0) is 9.53 Å². The summed E-state index contributed by atoms with van der Waals surface area (Å²) in [6.45, 7) is 3.69. The van der Waals surface area contributed by atoms with Crippen LogP contribution in [0, 0.1) is 6.92 Å². The van der Waals surface area contributed by atoms with Crippen molar-refractivity contribution in [3.63, 3.8) is 0 Å². The van der Waals surface area contributed by atoms with Crippen molar-refractivity contribution >= 4 is 23.3 Å². The minimum Gasteiger partial charge on any atom is -0.496 e. The summed E-state index contributed by atoms with van der Waals surface area (Å²) in [5, 5.41) is 2.74. The van der Waals surface area contributed by atoms with Gasteiger partial charge in [0.15, 0.2) is 6.61 Å². The third kappa shape index (κ3) is 4.78. The molecular formula is C21H24N2O4. The molecule has 0 unspecified atom stereocenters. The van der Waals surface area contributed by atoms with Gasteiger partial charge in [-0.05, 0) is 61.7 Å². The Balaban J connectivity index is 1.51. The maximum atomic E-state index is 12.1. The number of carbonyl (C=O) groups excluding carboxylic acids is 2. The summed E-state index contributed by atoms with van der Waals surface area (Å²) in [6.07, 6.45) is 2.44. The largest absolute Gasteiger partial charge is 0.496 e. The number of rotatable bonds is 6. The van der Waals surface area contributed by atoms with Crippen molar-refractivity contribution in [2.24, 2.45) is 0 Å². The molecule has 0 saturated carbocycles. The fraction of sp³-hybridized carbons (Fsp3) is 0.333. The van der Waals surface area contributed by atoms with Crippen molar-refractivity contribution in [1.82, 2.24) is 0 Å². The molecule has 1 saturated heterocycles. The lowest BCUT2D eigenvalue weighted by molar-refractivity contribution is -0.119. The van der Waals surface area contributed by atoms with Gasteiger partial charge in [-0.1, -0.05) is 6.07 Å². The Morgan fingerprint density at radius 1 is 1.07 bits per heavy atom. The normalized spacial score (nSPS) is 13.3. The van der Waals surface area contributed by atoms with Gasteiger partial charge in [-0.2, -0.15) is 0 Å². The van der Waals surface area contributed by atoms with Crippen LogP contribution in [0.1, 0.15) is 28.8 Å². The van der Waals surface area contributed by atoms with Crippen LogP contribution in [-0.4, -0.2) is 38.7 Å². The van der Waals surface area contributed by atoms with Crippen LogP contribution in [0.15, 0.2) is 42.5 Å². The molecule has 142 valence electrons. The number of amides is 1. The van der Waals surface area contributed by atoms with Gasteiger partial charge in [-0.3, -0.25) is 4.79 Å². The molecule has 1 amide bonds. The third-order valence-electron chi connectivity index (χ3n) is 4.60. The predicted octanol–water partition coefficient (Wildman–Crippen LogP) is 3.40. The van der Waals surface area contributed by atoms with Crippen LogP contribution >= 0.6 is 0 Å². The van der Waals surface area contributed by atoms with Crippen LogP contribution in [0.4, 0.5) is 11.4 Å². The number of aryl methyl sites for hydroxylation is 1. The number of benzene rings is 2. The molecule has 1 fully saturated rings. The van der Waals surface area contributed by atoms with Crippen molar-refractivity contribution < 1.29 is 19.1 Å². The molecule has 0 aromatic heterocycles. The molecule has 27 heavy (non-hydrogen) atoms. The van der Waals surface area contributed by atoms with Crippen molar-refractivity contribution in [3.8, 4) is 5.75 Å². The monoisotopic (exact) mass is 368 g/mol. The van der Waals surface area contributed by atoms with Crippen LogP contribution < -0.4 is 15.0 Å². The molecule has 0 radical (unpaired) electrons. The summed E-state index contributed by atoms with van der Waals surface area (Å²) in [5.41, 5.74) is 3.10. The van der Waals surface area contributed by atoms with Gasteiger partial charge in [-0.25, -0.2) is 4.79 Å². The van der Waals surface area contributed by atoms with Gasteiger partial charge in [0.05, 0.1) is 12.7 Å². The van der Waals surface area contributed by atoms with Gasteiger partial charge in [0.2, 0.25) is 0 Å². The molecule has 0 spiro atoms. The van der Waals surface area contributed by atoms with Crippen molar-refractivity contribution in [1.29, 1.82) is 0 Å². The number of nitrogens with zero attached hydrogens (tertiary/aromatic N) is 1. The van der Waals surface area contributed by atoms with E-state index >= 15 is 0 Å². The van der Waals surface area contributed by atoms with Crippen LogP contribution in [0.3, 0.4) is 0 Å². The highest BCUT2D eigenvalue weighted by molar-refractivity contribution is 5.95. The molecule has 6 heteroatoms. The zero-order valence-electron chi connectivity index (χ0n) is 15.7. The third-order valence-corrected chi connectivity index (χ3v) is 4.60. The van der Waals surface area contributed by atoms with Crippen molar-refractivity contribution in [2.45, 2.75) is 19.8 Å². The number of esters is 1. The lowest BCUT2D eigenvalue weighted by atomic mass is 10.1. The molecule has 1 aliphatic heterocycles. The van der Waals surface area contributed by atoms with Gasteiger partial charge < -0.3 is 19.7 Å². The highest BCUT2D eigenvalue weighted by Gasteiger charge is 2.14. The number of anilines is 2. The zero-order chi connectivity index (χ0) is 19.2. The van der Waals surface area contributed by atoms with Crippen LogP contribution in [0.5, 0.6) is 5.75 Å². The first-order valence-electron chi connectivity index (χ1n) is 9.03. The molecule has 6 nitrogen and oxygen atoms in total. The van der Waals surface area contributed by atoms with E-state index in [1.807, 2.05) is 31.2 Å². The minimum atomic E-state index is -0.562. The average Bonchev–Trinajstić information content (AvgIpc) is 3.22. The standard InChI is InChI=1S/C21H24N2O4/c1-15-5-6-16(13-19(15)26-2)21(25)27-14-20(24)22-17-7-9-18(10-8-17)23-11-3-4-12-23/h5-10,13H,3-4,11-12,14H2,1-2H3,(H,22,24). The lowest BCUT2D eigenvalue weighted by Gasteiger charge is -2.17. The first-order valence-corrected chi connectivity index (χ1v) is 9.03. The van der Waals surface area contributed by atoms with Gasteiger partial charge in [0.1, 0.15) is 5.75 Å². The maximum absolute atomic E-state index is 12.1. The minimum absolute atomic E-state index is 0.344. The van der Waals surface area contributed by atoms with Gasteiger partial charge >= 0.3 is 5.97 Å². The Labute approximate surface area is 159 Å². The molecular weight excluding hydrogens is 344 g/mol. The number of carbonyl (C=O) groups is 2. The van der Waals surface area contributed by atoms with Crippen LogP contribution in [0.2, 0.25) is 0 Å². The van der Waals surface area contributed by atoms with E-state index < -0.39 is 5.97 Å². The quantitative estimate of drug-likeness (QED) is 0.792. The maximum Gasteiger partial charge on any atom is 0.338 e. The SMILES string of the molecule is COc1cc(C(=O)OCC(=O)Nc2ccc(N3CCCC3)cc2)ccc1C. The molecule has 0 atom stereocenters. The first kappa shape index (κ1) is 18.8. The first-order chi connectivity index (χ1) is 13.1. The smallest absolute Gasteiger partial charge is 0.338 e. The summed E-state index contributed by atoms with van der Waals surface area (Å²) in [5.74, 6) is -0.337. The second kappa shape index (κ2) is 8.58. The fourth-order valence-electron chi connectivity index (χ4n) is 3.09. The highest BCUT2D eigenvalue weighted by atomic mass is 16.5. The summed E-state index contributed by atoms with van der Waals surface area (Å²) < 4.78 is 10.3. The summed E-state index contributed by atoms with van der Waals surface area (Å²) in [7, 11) is 1.54. The molecule has 1 N–H and O–H groups in total. The van der Waals surface area contributed by atoms with Crippen LogP contribution in [0.25, 0.3) is 0 Å². The van der Waals surface area contributed by atoms with Gasteiger partial charge in [0, 0.05) is 24.5 Å². The number of ether oxygens (including phenoxy) is 2. The zero-order valence-corrected chi connectivity index (χ0v) is 15.7. The number of hydrogen-bond acceptors (Lipinski definition) is 5. The Morgan fingerprint density at radius 2 is 1.78 bits per heavy atom. The number of methoxy groups -OCH3 is 1. The number of nitrogens with one attached hydrogen (secondary N) is 1. The second-order valence-electron chi connectivity index (χ2n) is 6.55. The van der Waals surface area contributed by atoms with Crippen molar-refractivity contribution in [3.05, 3.63) is 53.6 Å². The second-order valence-corrected chi connectivity index (χ2v) is 6.55. The molecule has 1 aliphatic rings. The Morgan fingerprint density at radius 3 is 2.44 bits per heavy atom. The summed E-state index contributed by atoms with van der Waals surface area (Å²) >= 11 is 0. The highest BCUT2D eigenvalue weighted by Crippen LogP contribution is 2.22. The summed E-state index contributed by atoms with van der Waals surface area (Å²) in [6, 6.07) is 12.7. The Bertz CT molecular complexity index is 811. The van der Waals surface area contributed by atoms with E-state index in [-0.39, 0.29) is 12.5 Å². The van der Waals surface area contributed by atoms with E-state index in [2.05, 4.69) is 10.2 Å². The molecule has 0 aliphatic carbocycles. The molecule has 2 aromatic carbocycles. The van der Waals surface area contributed by atoms with Gasteiger partial charge in [0.25, 0.3) is 5.91 Å². The van der Waals surface area contributed by atoms with E-state index in [1.165, 1.54) is 12.8 Å². The van der Waals surface area contributed by atoms with E-state index in [0.717, 1.165) is 24.3 Å². The van der Waals surface area contributed by atoms with E-state index in [0.29, 0.717) is 17.0 Å². The summed E-state index contributed by atoms with van der Waals surface area (Å²) in [4.78, 5) is 26.5. The molecule has 2 aromatic rings. The Kier molecular flexibility index (Phi) is 5.96. The number of hydrogen-bond donors (Lipinski definition) is 1. The van der Waals surface area contributed by atoms with E-state index in [9.17, 15) is 9.59 Å². The van der Waals surface area contributed by atoms with E-state index in [4.69, 9.17) is 9.47 Å². The molecule has 0 bridgehead atoms. The van der Waals surface area contributed by atoms with Crippen molar-refractivity contribution in [2.75, 3.05) is 37.0 Å². The topological polar surface area (TPSA) is 67.9 Å².